The second-order valence-electron chi connectivity index (χ2n) is 11.3. The van der Waals surface area contributed by atoms with Crippen molar-refractivity contribution in [1.29, 1.82) is 0 Å². The Bertz CT molecular complexity index is 301. The molecule has 0 saturated carbocycles. The van der Waals surface area contributed by atoms with Gasteiger partial charge in [0.25, 0.3) is 0 Å². The molecule has 0 radical (unpaired) electrons. The van der Waals surface area contributed by atoms with Crippen molar-refractivity contribution in [3.05, 3.63) is 0 Å². The van der Waals surface area contributed by atoms with Gasteiger partial charge in [-0.25, -0.2) is 0 Å². The Morgan fingerprint density at radius 2 is 0.486 bits per heavy atom. The average Bonchev–Trinajstić information content (AvgIpc) is 2.83. The molecule has 0 aliphatic rings. The van der Waals surface area contributed by atoms with E-state index in [2.05, 4.69) is 27.7 Å². The Labute approximate surface area is 279 Å². The van der Waals surface area contributed by atoms with Crippen LogP contribution < -0.4 is 51.4 Å². The fourth-order valence-corrected chi connectivity index (χ4v) is 5.58. The van der Waals surface area contributed by atoms with Gasteiger partial charge in [0, 0.05) is 0 Å². The third-order valence-corrected chi connectivity index (χ3v) is 7.94. The predicted octanol–water partition coefficient (Wildman–Crippen LogP) is 8.94. The van der Waals surface area contributed by atoms with Crippen molar-refractivity contribution in [3.63, 3.8) is 0 Å². The summed E-state index contributed by atoms with van der Waals surface area (Å²) in [5.41, 5.74) is 0. The van der Waals surface area contributed by atoms with E-state index in [9.17, 15) is 0 Å². The Hall–Kier alpha value is 2.08. The van der Waals surface area contributed by atoms with E-state index in [0.29, 0.717) is 0 Å². The van der Waals surface area contributed by atoms with Crippen LogP contribution in [0, 0.1) is 0 Å². The van der Waals surface area contributed by atoms with Crippen molar-refractivity contribution in [1.82, 2.24) is 0 Å². The van der Waals surface area contributed by atoms with Gasteiger partial charge in [0.2, 0.25) is 0 Å². The molecule has 0 N–H and O–H groups in total. The van der Waals surface area contributed by atoms with Crippen LogP contribution in [0.15, 0.2) is 0 Å². The van der Waals surface area contributed by atoms with Crippen LogP contribution in [0.2, 0.25) is 0 Å². The number of quaternary nitrogens is 1. The summed E-state index contributed by atoms with van der Waals surface area (Å²) in [6.45, 7) is 15.3. The molecule has 0 fully saturated rings. The monoisotopic (exact) mass is 586 g/mol. The summed E-state index contributed by atoms with van der Waals surface area (Å²) < 4.78 is 1.48. The molecule has 0 aliphatic carbocycles. The number of halogens is 1. The molecule has 0 saturated heterocycles. The molecule has 0 aromatic rings. The number of rotatable bonds is 28. The molecular formula is C32H70BrKN+. The number of unbranched alkanes of at least 4 members (excludes halogenated alkanes) is 20. The van der Waals surface area contributed by atoms with Gasteiger partial charge in [0.15, 0.2) is 0 Å². The topological polar surface area (TPSA) is 0 Å². The van der Waals surface area contributed by atoms with E-state index in [0.717, 1.165) is 0 Å². The van der Waals surface area contributed by atoms with Crippen molar-refractivity contribution in [3.8, 4) is 0 Å². The SMILES string of the molecule is Br.CCCCCCCC[N+](CCCCCCCC)(CCCCCCCC)CCCCCCCC.[H-].[K+]. The van der Waals surface area contributed by atoms with Crippen LogP contribution in [0.5, 0.6) is 0 Å². The quantitative estimate of drug-likeness (QED) is 0.0487. The van der Waals surface area contributed by atoms with Gasteiger partial charge >= 0.3 is 51.4 Å². The smallest absolute Gasteiger partial charge is 1.00 e. The number of hydrogen-bond acceptors (Lipinski definition) is 0. The van der Waals surface area contributed by atoms with Crippen molar-refractivity contribution >= 4 is 17.0 Å². The van der Waals surface area contributed by atoms with Crippen LogP contribution in [0.3, 0.4) is 0 Å². The minimum atomic E-state index is 0. The van der Waals surface area contributed by atoms with Gasteiger partial charge in [0.05, 0.1) is 26.2 Å². The standard InChI is InChI=1S/C32H68N.BrH.K.H/c1-5-9-13-17-21-25-29-33(30-26-22-18-14-10-6-2,31-27-23-19-15-11-7-3)32-28-24-20-16-12-8-4;;;/h5-32H2,1-4H3;1H;;/q+1;;+1;-1. The van der Waals surface area contributed by atoms with E-state index in [1.165, 1.54) is 185 Å². The van der Waals surface area contributed by atoms with Crippen LogP contribution >= 0.6 is 17.0 Å². The van der Waals surface area contributed by atoms with Crippen molar-refractivity contribution < 1.29 is 57.3 Å². The van der Waals surface area contributed by atoms with Crippen LogP contribution in [-0.4, -0.2) is 30.7 Å². The van der Waals surface area contributed by atoms with Crippen molar-refractivity contribution in [2.75, 3.05) is 26.2 Å². The first-order valence-electron chi connectivity index (χ1n) is 16.1. The van der Waals surface area contributed by atoms with Crippen LogP contribution in [0.25, 0.3) is 0 Å². The Balaban J connectivity index is -0.00000171. The molecule has 0 atom stereocenters. The maximum atomic E-state index is 2.34. The van der Waals surface area contributed by atoms with Crippen LogP contribution in [0.1, 0.15) is 183 Å². The van der Waals surface area contributed by atoms with E-state index >= 15 is 0 Å². The van der Waals surface area contributed by atoms with E-state index in [-0.39, 0.29) is 69.8 Å². The first-order chi connectivity index (χ1) is 16.2. The molecule has 0 rings (SSSR count). The summed E-state index contributed by atoms with van der Waals surface area (Å²) in [6.07, 6.45) is 34.8. The minimum absolute atomic E-state index is 0. The molecule has 0 spiro atoms. The van der Waals surface area contributed by atoms with Gasteiger partial charge in [-0.05, 0) is 51.4 Å². The summed E-state index contributed by atoms with van der Waals surface area (Å²) in [6, 6.07) is 0. The van der Waals surface area contributed by atoms with Gasteiger partial charge < -0.3 is 5.91 Å². The second kappa shape index (κ2) is 34.1. The van der Waals surface area contributed by atoms with E-state index in [4.69, 9.17) is 0 Å². The zero-order chi connectivity index (χ0) is 24.3. The number of nitrogens with zero attached hydrogens (tertiary/aromatic N) is 1. The fraction of sp³-hybridized carbons (Fsp3) is 1.00. The van der Waals surface area contributed by atoms with Gasteiger partial charge in [-0.15, -0.1) is 17.0 Å². The van der Waals surface area contributed by atoms with Gasteiger partial charge in [-0.3, -0.25) is 0 Å². The molecule has 0 amide bonds. The third kappa shape index (κ3) is 28.9. The second-order valence-corrected chi connectivity index (χ2v) is 11.3. The average molecular weight is 588 g/mol. The fourth-order valence-electron chi connectivity index (χ4n) is 5.58. The summed E-state index contributed by atoms with van der Waals surface area (Å²) in [5, 5.41) is 0. The van der Waals surface area contributed by atoms with E-state index in [1.54, 1.807) is 0 Å². The van der Waals surface area contributed by atoms with Crippen molar-refractivity contribution in [2.24, 2.45) is 0 Å². The maximum Gasteiger partial charge on any atom is 1.00 e. The first-order valence-corrected chi connectivity index (χ1v) is 16.1. The van der Waals surface area contributed by atoms with Crippen LogP contribution in [-0.2, 0) is 0 Å². The predicted molar refractivity (Wildman–Crippen MR) is 165 cm³/mol. The summed E-state index contributed by atoms with van der Waals surface area (Å²) >= 11 is 0. The Kier molecular flexibility index (Phi) is 40.5. The zero-order valence-corrected chi connectivity index (χ0v) is 30.5. The Morgan fingerprint density at radius 1 is 0.314 bits per heavy atom. The molecule has 0 aromatic heterocycles. The molecule has 210 valence electrons. The van der Waals surface area contributed by atoms with E-state index < -0.39 is 0 Å². The molecule has 0 bridgehead atoms. The minimum Gasteiger partial charge on any atom is -1.00 e. The zero-order valence-electron chi connectivity index (χ0n) is 26.7. The van der Waals surface area contributed by atoms with Gasteiger partial charge in [-0.2, -0.15) is 0 Å². The summed E-state index contributed by atoms with van der Waals surface area (Å²) in [5.74, 6) is 0. The molecule has 0 unspecified atom stereocenters. The largest absolute Gasteiger partial charge is 1.00 e. The van der Waals surface area contributed by atoms with Gasteiger partial charge in [0.1, 0.15) is 0 Å². The summed E-state index contributed by atoms with van der Waals surface area (Å²) in [4.78, 5) is 0. The molecule has 0 heterocycles. The molecule has 0 aliphatic heterocycles. The molecule has 35 heavy (non-hydrogen) atoms. The molecule has 3 heteroatoms. The first kappa shape index (κ1) is 41.6. The number of hydrogen-bond donors (Lipinski definition) is 0. The molecule has 0 aromatic carbocycles. The van der Waals surface area contributed by atoms with Crippen molar-refractivity contribution in [2.45, 2.75) is 182 Å². The van der Waals surface area contributed by atoms with Gasteiger partial charge in [-0.1, -0.05) is 130 Å². The summed E-state index contributed by atoms with van der Waals surface area (Å²) in [7, 11) is 0. The Morgan fingerprint density at radius 3 is 0.686 bits per heavy atom. The normalized spacial score (nSPS) is 11.3. The van der Waals surface area contributed by atoms with Crippen LogP contribution in [0.4, 0.5) is 0 Å². The maximum absolute atomic E-state index is 2.34. The molecule has 1 nitrogen and oxygen atoms in total. The molecular weight excluding hydrogens is 517 g/mol. The third-order valence-electron chi connectivity index (χ3n) is 7.94. The van der Waals surface area contributed by atoms with E-state index in [1.807, 2.05) is 0 Å².